The normalized spacial score (nSPS) is 14.4. The molecule has 0 amide bonds. The van der Waals surface area contributed by atoms with Crippen LogP contribution in [0.15, 0.2) is 29.4 Å². The second-order valence-electron chi connectivity index (χ2n) is 4.54. The molecular weight excluding hydrogens is 280 g/mol. The van der Waals surface area contributed by atoms with Crippen molar-refractivity contribution >= 4 is 23.4 Å². The lowest BCUT2D eigenvalue weighted by molar-refractivity contribution is 0.707. The van der Waals surface area contributed by atoms with Gasteiger partial charge in [0, 0.05) is 18.1 Å². The van der Waals surface area contributed by atoms with E-state index in [1.807, 2.05) is 49.7 Å². The lowest BCUT2D eigenvalue weighted by Gasteiger charge is -2.20. The Morgan fingerprint density at radius 2 is 2.11 bits per heavy atom. The highest BCUT2D eigenvalue weighted by Gasteiger charge is 2.21. The molecule has 0 radical (unpaired) electrons. The van der Waals surface area contributed by atoms with E-state index in [0.29, 0.717) is 0 Å². The van der Waals surface area contributed by atoms with Gasteiger partial charge < -0.3 is 10.3 Å². The van der Waals surface area contributed by atoms with Crippen LogP contribution in [-0.2, 0) is 7.05 Å². The highest BCUT2D eigenvalue weighted by atomic mass is 35.5. The second kappa shape index (κ2) is 5.94. The van der Waals surface area contributed by atoms with Crippen LogP contribution in [0.4, 0.5) is 0 Å². The zero-order chi connectivity index (χ0) is 14.0. The van der Waals surface area contributed by atoms with Gasteiger partial charge in [-0.25, -0.2) is 0 Å². The van der Waals surface area contributed by atoms with Gasteiger partial charge in [0.15, 0.2) is 5.16 Å². The zero-order valence-corrected chi connectivity index (χ0v) is 12.7. The summed E-state index contributed by atoms with van der Waals surface area (Å²) in [4.78, 5) is 0. The first-order valence-electron chi connectivity index (χ1n) is 6.02. The van der Waals surface area contributed by atoms with Crippen LogP contribution in [0.2, 0.25) is 5.02 Å². The van der Waals surface area contributed by atoms with E-state index in [9.17, 15) is 0 Å². The number of thioether (sulfide) groups is 1. The second-order valence-corrected chi connectivity index (χ2v) is 6.09. The summed E-state index contributed by atoms with van der Waals surface area (Å²) < 4.78 is 1.96. The summed E-state index contributed by atoms with van der Waals surface area (Å²) in [5, 5.41) is 9.92. The predicted molar refractivity (Wildman–Crippen MR) is 79.4 cm³/mol. The number of aryl methyl sites for hydroxylation is 1. The Balaban J connectivity index is 2.29. The third kappa shape index (κ3) is 3.29. The Labute approximate surface area is 122 Å². The van der Waals surface area contributed by atoms with Crippen LogP contribution in [0, 0.1) is 6.92 Å². The van der Waals surface area contributed by atoms with E-state index in [4.69, 9.17) is 17.3 Å². The molecule has 1 heterocycles. The molecule has 0 spiro atoms. The monoisotopic (exact) mass is 296 g/mol. The highest BCUT2D eigenvalue weighted by molar-refractivity contribution is 7.99. The Morgan fingerprint density at radius 3 is 2.63 bits per heavy atom. The van der Waals surface area contributed by atoms with Gasteiger partial charge in [-0.05, 0) is 31.5 Å². The number of nitrogens with two attached hydrogens (primary N) is 1. The van der Waals surface area contributed by atoms with Gasteiger partial charge in [0.2, 0.25) is 0 Å². The first-order chi connectivity index (χ1) is 8.99. The molecule has 0 aliphatic heterocycles. The summed E-state index contributed by atoms with van der Waals surface area (Å²) in [5.74, 6) is 0.886. The molecule has 6 heteroatoms. The number of halogens is 1. The van der Waals surface area contributed by atoms with Gasteiger partial charge >= 0.3 is 0 Å². The minimum Gasteiger partial charge on any atom is -0.327 e. The van der Waals surface area contributed by atoms with Gasteiger partial charge in [0.25, 0.3) is 0 Å². The van der Waals surface area contributed by atoms with Crippen LogP contribution in [0.3, 0.4) is 0 Å². The van der Waals surface area contributed by atoms with Gasteiger partial charge in [-0.1, -0.05) is 35.5 Å². The van der Waals surface area contributed by atoms with Crippen molar-refractivity contribution in [3.05, 3.63) is 40.7 Å². The highest BCUT2D eigenvalue weighted by Crippen LogP contribution is 2.36. The lowest BCUT2D eigenvalue weighted by Crippen LogP contribution is -2.23. The van der Waals surface area contributed by atoms with Gasteiger partial charge in [-0.3, -0.25) is 0 Å². The van der Waals surface area contributed by atoms with Crippen LogP contribution < -0.4 is 5.73 Å². The van der Waals surface area contributed by atoms with Crippen molar-refractivity contribution in [2.45, 2.75) is 30.3 Å². The van der Waals surface area contributed by atoms with E-state index in [2.05, 4.69) is 10.2 Å². The van der Waals surface area contributed by atoms with Crippen molar-refractivity contribution in [1.29, 1.82) is 0 Å². The van der Waals surface area contributed by atoms with Crippen molar-refractivity contribution in [2.24, 2.45) is 12.8 Å². The molecule has 1 aromatic heterocycles. The van der Waals surface area contributed by atoms with Gasteiger partial charge in [0.1, 0.15) is 5.82 Å². The molecule has 4 nitrogen and oxygen atoms in total. The molecule has 0 aliphatic rings. The molecule has 2 atom stereocenters. The van der Waals surface area contributed by atoms with Crippen LogP contribution >= 0.6 is 23.4 Å². The first kappa shape index (κ1) is 14.4. The topological polar surface area (TPSA) is 56.7 Å². The van der Waals surface area contributed by atoms with Crippen molar-refractivity contribution in [3.8, 4) is 0 Å². The standard InChI is InChI=1S/C13H17ClN4S/c1-8(15)12(10-5-4-6-11(14)7-10)19-13-17-16-9(2)18(13)3/h4-8,12H,15H2,1-3H3. The van der Waals surface area contributed by atoms with Crippen LogP contribution in [0.1, 0.15) is 23.6 Å². The largest absolute Gasteiger partial charge is 0.327 e. The summed E-state index contributed by atoms with van der Waals surface area (Å²) in [6.07, 6.45) is 0. The fourth-order valence-corrected chi connectivity index (χ4v) is 3.07. The molecule has 0 saturated heterocycles. The average molecular weight is 297 g/mol. The van der Waals surface area contributed by atoms with E-state index in [1.165, 1.54) is 0 Å². The quantitative estimate of drug-likeness (QED) is 0.881. The van der Waals surface area contributed by atoms with E-state index in [-0.39, 0.29) is 11.3 Å². The Kier molecular flexibility index (Phi) is 4.50. The molecule has 19 heavy (non-hydrogen) atoms. The Bertz CT molecular complexity index is 568. The molecule has 2 unspecified atom stereocenters. The molecule has 102 valence electrons. The van der Waals surface area contributed by atoms with E-state index in [0.717, 1.165) is 21.6 Å². The van der Waals surface area contributed by atoms with Crippen LogP contribution in [0.5, 0.6) is 0 Å². The Hall–Kier alpha value is -1.04. The predicted octanol–water partition coefficient (Wildman–Crippen LogP) is 2.96. The molecule has 2 aromatic rings. The first-order valence-corrected chi connectivity index (χ1v) is 7.28. The molecule has 1 aromatic carbocycles. The van der Waals surface area contributed by atoms with Crippen LogP contribution in [0.25, 0.3) is 0 Å². The van der Waals surface area contributed by atoms with Crippen molar-refractivity contribution in [2.75, 3.05) is 0 Å². The fraction of sp³-hybridized carbons (Fsp3) is 0.385. The van der Waals surface area contributed by atoms with Crippen molar-refractivity contribution in [1.82, 2.24) is 14.8 Å². The van der Waals surface area contributed by atoms with E-state index >= 15 is 0 Å². The van der Waals surface area contributed by atoms with Crippen LogP contribution in [-0.4, -0.2) is 20.8 Å². The van der Waals surface area contributed by atoms with E-state index < -0.39 is 0 Å². The minimum absolute atomic E-state index is 0.0135. The summed E-state index contributed by atoms with van der Waals surface area (Å²) in [7, 11) is 1.95. The third-order valence-corrected chi connectivity index (χ3v) is 4.70. The number of benzene rings is 1. The third-order valence-electron chi connectivity index (χ3n) is 2.94. The number of hydrogen-bond donors (Lipinski definition) is 1. The van der Waals surface area contributed by atoms with Crippen molar-refractivity contribution in [3.63, 3.8) is 0 Å². The van der Waals surface area contributed by atoms with Crippen molar-refractivity contribution < 1.29 is 0 Å². The summed E-state index contributed by atoms with van der Waals surface area (Å²) >= 11 is 7.66. The van der Waals surface area contributed by atoms with Gasteiger partial charge in [-0.2, -0.15) is 0 Å². The maximum Gasteiger partial charge on any atom is 0.191 e. The number of rotatable bonds is 4. The molecule has 0 saturated carbocycles. The molecule has 0 fully saturated rings. The maximum atomic E-state index is 6.10. The SMILES string of the molecule is Cc1nnc(SC(c2cccc(Cl)c2)C(C)N)n1C. The summed E-state index contributed by atoms with van der Waals surface area (Å²) in [6, 6.07) is 7.78. The lowest BCUT2D eigenvalue weighted by atomic mass is 10.1. The van der Waals surface area contributed by atoms with Gasteiger partial charge in [-0.15, -0.1) is 10.2 Å². The van der Waals surface area contributed by atoms with Gasteiger partial charge in [0.05, 0.1) is 5.25 Å². The zero-order valence-electron chi connectivity index (χ0n) is 11.2. The van der Waals surface area contributed by atoms with E-state index in [1.54, 1.807) is 11.8 Å². The maximum absolute atomic E-state index is 6.10. The molecule has 2 rings (SSSR count). The minimum atomic E-state index is -0.0135. The number of hydrogen-bond acceptors (Lipinski definition) is 4. The molecule has 0 bridgehead atoms. The Morgan fingerprint density at radius 1 is 1.37 bits per heavy atom. The average Bonchev–Trinajstić information content (AvgIpc) is 2.67. The summed E-state index contributed by atoms with van der Waals surface area (Å²) in [5.41, 5.74) is 7.21. The molecular formula is C13H17ClN4S. The smallest absolute Gasteiger partial charge is 0.191 e. The number of nitrogens with zero attached hydrogens (tertiary/aromatic N) is 3. The fourth-order valence-electron chi connectivity index (χ4n) is 1.77. The summed E-state index contributed by atoms with van der Waals surface area (Å²) in [6.45, 7) is 3.92. The number of aromatic nitrogens is 3. The molecule has 0 aliphatic carbocycles. The molecule has 2 N–H and O–H groups in total.